The van der Waals surface area contributed by atoms with Gasteiger partial charge in [0.2, 0.25) is 0 Å². The summed E-state index contributed by atoms with van der Waals surface area (Å²) in [6.45, 7) is 7.07. The van der Waals surface area contributed by atoms with E-state index in [0.29, 0.717) is 0 Å². The number of rotatable bonds is 27. The predicted octanol–water partition coefficient (Wildman–Crippen LogP) is 12.2. The number of hydrogen-bond acceptors (Lipinski definition) is 0. The molecule has 0 aliphatic rings. The molecule has 0 spiro atoms. The van der Waals surface area contributed by atoms with Gasteiger partial charge >= 0.3 is 0 Å². The Bertz CT molecular complexity index is 294. The van der Waals surface area contributed by atoms with Crippen LogP contribution in [0.5, 0.6) is 0 Å². The summed E-state index contributed by atoms with van der Waals surface area (Å²) in [7, 11) is 0. The highest BCUT2D eigenvalue weighted by Crippen LogP contribution is 2.18. The van der Waals surface area contributed by atoms with E-state index in [4.69, 9.17) is 0 Å². The summed E-state index contributed by atoms with van der Waals surface area (Å²) in [6, 6.07) is 0. The lowest BCUT2D eigenvalue weighted by Gasteiger charge is -2.10. The largest absolute Gasteiger partial charge is 0.0654 e. The van der Waals surface area contributed by atoms with Crippen molar-refractivity contribution in [2.24, 2.45) is 5.92 Å². The summed E-state index contributed by atoms with van der Waals surface area (Å²) >= 11 is 0. The Morgan fingerprint density at radius 1 is 0.290 bits per heavy atom. The molecule has 0 rings (SSSR count). The summed E-state index contributed by atoms with van der Waals surface area (Å²) < 4.78 is 0. The second-order valence-electron chi connectivity index (χ2n) is 10.8. The van der Waals surface area contributed by atoms with E-state index in [1.807, 2.05) is 0 Å². The van der Waals surface area contributed by atoms with Crippen molar-refractivity contribution in [3.05, 3.63) is 0 Å². The van der Waals surface area contributed by atoms with Gasteiger partial charge in [0.1, 0.15) is 0 Å². The molecule has 0 saturated carbocycles. The summed E-state index contributed by atoms with van der Waals surface area (Å²) in [6.07, 6.45) is 39.8. The molecule has 0 bridgehead atoms. The molecule has 0 heterocycles. The zero-order chi connectivity index (χ0) is 22.7. The van der Waals surface area contributed by atoms with Gasteiger partial charge in [-0.3, -0.25) is 0 Å². The number of hydrogen-bond donors (Lipinski definition) is 0. The normalized spacial score (nSPS) is 12.5. The van der Waals surface area contributed by atoms with E-state index in [1.165, 1.54) is 173 Å². The van der Waals surface area contributed by atoms with E-state index in [2.05, 4.69) is 20.8 Å². The molecular formula is C31H64. The van der Waals surface area contributed by atoms with E-state index in [0.717, 1.165) is 5.92 Å². The minimum Gasteiger partial charge on any atom is -0.0654 e. The van der Waals surface area contributed by atoms with E-state index in [-0.39, 0.29) is 0 Å². The van der Waals surface area contributed by atoms with Crippen molar-refractivity contribution in [3.63, 3.8) is 0 Å². The third-order valence-electron chi connectivity index (χ3n) is 7.35. The van der Waals surface area contributed by atoms with Crippen molar-refractivity contribution in [2.45, 2.75) is 194 Å². The van der Waals surface area contributed by atoms with Crippen LogP contribution in [0.2, 0.25) is 0 Å². The van der Waals surface area contributed by atoms with Crippen LogP contribution in [0.4, 0.5) is 0 Å². The first-order valence-corrected chi connectivity index (χ1v) is 15.3. The SMILES string of the molecule is CCCCCCCCCCCCCCCCCCCCCCCCCC(C)CCCC. The van der Waals surface area contributed by atoms with Crippen LogP contribution in [-0.2, 0) is 0 Å². The highest BCUT2D eigenvalue weighted by atomic mass is 14.1. The summed E-state index contributed by atoms with van der Waals surface area (Å²) in [5.74, 6) is 0.967. The zero-order valence-corrected chi connectivity index (χ0v) is 22.7. The molecule has 0 nitrogen and oxygen atoms in total. The van der Waals surface area contributed by atoms with Crippen LogP contribution in [0.15, 0.2) is 0 Å². The molecule has 0 saturated heterocycles. The maximum absolute atomic E-state index is 2.45. The molecule has 1 unspecified atom stereocenters. The Morgan fingerprint density at radius 3 is 0.806 bits per heavy atom. The van der Waals surface area contributed by atoms with Crippen LogP contribution in [0, 0.1) is 5.92 Å². The molecule has 0 aliphatic heterocycles. The molecule has 0 aromatic carbocycles. The number of unbranched alkanes of at least 4 members (excludes halogenated alkanes) is 23. The fourth-order valence-electron chi connectivity index (χ4n) is 4.98. The van der Waals surface area contributed by atoms with Crippen molar-refractivity contribution >= 4 is 0 Å². The van der Waals surface area contributed by atoms with Gasteiger partial charge in [-0.15, -0.1) is 0 Å². The highest BCUT2D eigenvalue weighted by molar-refractivity contribution is 4.55. The van der Waals surface area contributed by atoms with Crippen LogP contribution >= 0.6 is 0 Å². The average molecular weight is 437 g/mol. The van der Waals surface area contributed by atoms with E-state index in [1.54, 1.807) is 0 Å². The Morgan fingerprint density at radius 2 is 0.516 bits per heavy atom. The standard InChI is InChI=1S/C31H64/c1-4-6-8-9-10-11-12-13-14-15-16-17-18-19-20-21-22-23-24-25-26-27-28-30-31(3)29-7-5-2/h31H,4-30H2,1-3H3. The predicted molar refractivity (Wildman–Crippen MR) is 145 cm³/mol. The zero-order valence-electron chi connectivity index (χ0n) is 22.7. The summed E-state index contributed by atoms with van der Waals surface area (Å²) in [4.78, 5) is 0. The van der Waals surface area contributed by atoms with Crippen molar-refractivity contribution in [1.82, 2.24) is 0 Å². The van der Waals surface area contributed by atoms with Gasteiger partial charge in [0, 0.05) is 0 Å². The average Bonchev–Trinajstić information content (AvgIpc) is 2.78. The smallest absolute Gasteiger partial charge is 0.0443 e. The maximum atomic E-state index is 2.45. The first-order chi connectivity index (χ1) is 15.3. The molecule has 31 heavy (non-hydrogen) atoms. The van der Waals surface area contributed by atoms with Crippen molar-refractivity contribution in [1.29, 1.82) is 0 Å². The molecule has 0 radical (unpaired) electrons. The Balaban J connectivity index is 3.03. The monoisotopic (exact) mass is 437 g/mol. The van der Waals surface area contributed by atoms with Crippen molar-refractivity contribution < 1.29 is 0 Å². The first kappa shape index (κ1) is 31.0. The molecular weight excluding hydrogens is 372 g/mol. The van der Waals surface area contributed by atoms with Crippen LogP contribution in [0.3, 0.4) is 0 Å². The van der Waals surface area contributed by atoms with Gasteiger partial charge in [0.15, 0.2) is 0 Å². The maximum Gasteiger partial charge on any atom is -0.0443 e. The molecule has 0 aromatic rings. The van der Waals surface area contributed by atoms with Crippen LogP contribution < -0.4 is 0 Å². The minimum absolute atomic E-state index is 0.967. The fraction of sp³-hybridized carbons (Fsp3) is 1.00. The first-order valence-electron chi connectivity index (χ1n) is 15.3. The Labute approximate surface area is 200 Å². The van der Waals surface area contributed by atoms with Gasteiger partial charge in [-0.1, -0.05) is 194 Å². The van der Waals surface area contributed by atoms with Gasteiger partial charge in [-0.2, -0.15) is 0 Å². The van der Waals surface area contributed by atoms with Crippen LogP contribution in [0.1, 0.15) is 194 Å². The van der Waals surface area contributed by atoms with Crippen molar-refractivity contribution in [2.75, 3.05) is 0 Å². The third-order valence-corrected chi connectivity index (χ3v) is 7.35. The molecule has 1 atom stereocenters. The molecule has 0 fully saturated rings. The lowest BCUT2D eigenvalue weighted by molar-refractivity contribution is 0.440. The second-order valence-corrected chi connectivity index (χ2v) is 10.8. The second kappa shape index (κ2) is 28.0. The lowest BCUT2D eigenvalue weighted by atomic mass is 9.97. The van der Waals surface area contributed by atoms with Gasteiger partial charge in [0.25, 0.3) is 0 Å². The molecule has 0 aliphatic carbocycles. The highest BCUT2D eigenvalue weighted by Gasteiger charge is 2.01. The quantitative estimate of drug-likeness (QED) is 0.112. The van der Waals surface area contributed by atoms with Crippen LogP contribution in [0.25, 0.3) is 0 Å². The van der Waals surface area contributed by atoms with E-state index in [9.17, 15) is 0 Å². The van der Waals surface area contributed by atoms with Gasteiger partial charge < -0.3 is 0 Å². The molecule has 0 heteroatoms. The van der Waals surface area contributed by atoms with E-state index < -0.39 is 0 Å². The fourth-order valence-corrected chi connectivity index (χ4v) is 4.98. The van der Waals surface area contributed by atoms with Crippen molar-refractivity contribution in [3.8, 4) is 0 Å². The molecule has 0 amide bonds. The third kappa shape index (κ3) is 28.0. The minimum atomic E-state index is 0.967. The summed E-state index contributed by atoms with van der Waals surface area (Å²) in [5.41, 5.74) is 0. The summed E-state index contributed by atoms with van der Waals surface area (Å²) in [5, 5.41) is 0. The Kier molecular flexibility index (Phi) is 28.0. The molecule has 0 N–H and O–H groups in total. The lowest BCUT2D eigenvalue weighted by Crippen LogP contribution is -1.94. The van der Waals surface area contributed by atoms with Crippen LogP contribution in [-0.4, -0.2) is 0 Å². The van der Waals surface area contributed by atoms with Gasteiger partial charge in [-0.05, 0) is 5.92 Å². The van der Waals surface area contributed by atoms with Gasteiger partial charge in [0.05, 0.1) is 0 Å². The molecule has 0 aromatic heterocycles. The van der Waals surface area contributed by atoms with Gasteiger partial charge in [-0.25, -0.2) is 0 Å². The van der Waals surface area contributed by atoms with E-state index >= 15 is 0 Å². The molecule has 188 valence electrons. The topological polar surface area (TPSA) is 0 Å². The Hall–Kier alpha value is 0.